The zero-order chi connectivity index (χ0) is 9.30. The fraction of sp³-hybridized carbons (Fsp3) is 0.909. The molecule has 0 radical (unpaired) electrons. The molecule has 0 unspecified atom stereocenters. The average molecular weight is 168 g/mol. The number of hydrogen-bond acceptors (Lipinski definition) is 1. The van der Waals surface area contributed by atoms with Crippen molar-refractivity contribution in [3.63, 3.8) is 0 Å². The summed E-state index contributed by atoms with van der Waals surface area (Å²) in [7, 11) is 0. The second-order valence-electron chi connectivity index (χ2n) is 4.76. The smallest absolute Gasteiger partial charge is 0.123 e. The number of rotatable bonds is 4. The summed E-state index contributed by atoms with van der Waals surface area (Å²) in [6.07, 6.45) is 2.28. The van der Waals surface area contributed by atoms with Gasteiger partial charge >= 0.3 is 0 Å². The van der Waals surface area contributed by atoms with Gasteiger partial charge in [-0.2, -0.15) is 0 Å². The molecule has 0 aromatic carbocycles. The van der Waals surface area contributed by atoms with Gasteiger partial charge in [0.15, 0.2) is 0 Å². The molecule has 70 valence electrons. The Morgan fingerprint density at radius 1 is 1.17 bits per heavy atom. The molecule has 0 spiro atoms. The SMILES string of the molecule is CC(C)C(C(C)C)[C@@H]1C[C@@H]1C=O. The first kappa shape index (κ1) is 9.76. The summed E-state index contributed by atoms with van der Waals surface area (Å²) in [6.45, 7) is 9.07. The Kier molecular flexibility index (Phi) is 2.92. The van der Waals surface area contributed by atoms with E-state index in [2.05, 4.69) is 27.7 Å². The Morgan fingerprint density at radius 3 is 1.92 bits per heavy atom. The van der Waals surface area contributed by atoms with Crippen LogP contribution in [0.5, 0.6) is 0 Å². The van der Waals surface area contributed by atoms with Gasteiger partial charge in [-0.3, -0.25) is 0 Å². The van der Waals surface area contributed by atoms with E-state index < -0.39 is 0 Å². The van der Waals surface area contributed by atoms with Crippen molar-refractivity contribution in [3.05, 3.63) is 0 Å². The highest BCUT2D eigenvalue weighted by molar-refractivity contribution is 5.58. The van der Waals surface area contributed by atoms with Crippen molar-refractivity contribution in [1.82, 2.24) is 0 Å². The zero-order valence-electron chi connectivity index (χ0n) is 8.58. The van der Waals surface area contributed by atoms with Gasteiger partial charge in [0.25, 0.3) is 0 Å². The Morgan fingerprint density at radius 2 is 1.67 bits per heavy atom. The highest BCUT2D eigenvalue weighted by atomic mass is 16.1. The Balaban J connectivity index is 2.51. The molecule has 12 heavy (non-hydrogen) atoms. The summed E-state index contributed by atoms with van der Waals surface area (Å²) in [4.78, 5) is 10.5. The van der Waals surface area contributed by atoms with Crippen molar-refractivity contribution in [2.75, 3.05) is 0 Å². The van der Waals surface area contributed by atoms with Gasteiger partial charge in [0.05, 0.1) is 0 Å². The van der Waals surface area contributed by atoms with Crippen LogP contribution in [0.2, 0.25) is 0 Å². The van der Waals surface area contributed by atoms with Crippen LogP contribution >= 0.6 is 0 Å². The third-order valence-corrected chi connectivity index (χ3v) is 3.10. The molecule has 0 saturated heterocycles. The maximum atomic E-state index is 10.5. The molecule has 0 amide bonds. The van der Waals surface area contributed by atoms with Crippen molar-refractivity contribution < 1.29 is 4.79 Å². The molecule has 1 aliphatic rings. The molecule has 0 bridgehead atoms. The van der Waals surface area contributed by atoms with Crippen LogP contribution in [0.15, 0.2) is 0 Å². The predicted octanol–water partition coefficient (Wildman–Crippen LogP) is 2.75. The molecule has 1 fully saturated rings. The van der Waals surface area contributed by atoms with Crippen molar-refractivity contribution in [2.24, 2.45) is 29.6 Å². The van der Waals surface area contributed by atoms with E-state index >= 15 is 0 Å². The lowest BCUT2D eigenvalue weighted by atomic mass is 9.81. The molecule has 0 aromatic rings. The molecule has 0 aliphatic heterocycles. The lowest BCUT2D eigenvalue weighted by Gasteiger charge is -2.24. The van der Waals surface area contributed by atoms with Crippen molar-refractivity contribution in [2.45, 2.75) is 34.1 Å². The topological polar surface area (TPSA) is 17.1 Å². The molecule has 1 heteroatoms. The molecule has 1 rings (SSSR count). The van der Waals surface area contributed by atoms with Crippen molar-refractivity contribution >= 4 is 6.29 Å². The van der Waals surface area contributed by atoms with E-state index in [1.807, 2.05) is 0 Å². The minimum absolute atomic E-state index is 0.389. The van der Waals surface area contributed by atoms with E-state index in [1.165, 1.54) is 0 Å². The van der Waals surface area contributed by atoms with E-state index in [0.717, 1.165) is 30.5 Å². The van der Waals surface area contributed by atoms with E-state index in [1.54, 1.807) is 0 Å². The molecule has 0 heterocycles. The molecule has 1 saturated carbocycles. The van der Waals surface area contributed by atoms with Gasteiger partial charge in [0.1, 0.15) is 6.29 Å². The highest BCUT2D eigenvalue weighted by Crippen LogP contribution is 2.48. The van der Waals surface area contributed by atoms with Crippen molar-refractivity contribution in [1.29, 1.82) is 0 Å². The Bertz CT molecular complexity index is 152. The van der Waals surface area contributed by atoms with Gasteiger partial charge in [-0.05, 0) is 30.1 Å². The Labute approximate surface area is 75.5 Å². The van der Waals surface area contributed by atoms with Crippen LogP contribution in [0, 0.1) is 29.6 Å². The normalized spacial score (nSPS) is 28.6. The number of hydrogen-bond donors (Lipinski definition) is 0. The van der Waals surface area contributed by atoms with E-state index in [9.17, 15) is 4.79 Å². The first-order valence-corrected chi connectivity index (χ1v) is 5.03. The summed E-state index contributed by atoms with van der Waals surface area (Å²) in [5.74, 6) is 3.28. The van der Waals surface area contributed by atoms with Crippen molar-refractivity contribution in [3.8, 4) is 0 Å². The molecular weight excluding hydrogens is 148 g/mol. The number of carbonyl (C=O) groups is 1. The second-order valence-corrected chi connectivity index (χ2v) is 4.76. The maximum Gasteiger partial charge on any atom is 0.123 e. The fourth-order valence-electron chi connectivity index (χ4n) is 2.59. The van der Waals surface area contributed by atoms with Crippen LogP contribution in [-0.2, 0) is 4.79 Å². The second kappa shape index (κ2) is 3.59. The lowest BCUT2D eigenvalue weighted by Crippen LogP contribution is -2.18. The largest absolute Gasteiger partial charge is 0.303 e. The molecule has 0 aromatic heterocycles. The first-order valence-electron chi connectivity index (χ1n) is 5.03. The summed E-state index contributed by atoms with van der Waals surface area (Å²) >= 11 is 0. The molecular formula is C11H20O. The molecule has 1 aliphatic carbocycles. The van der Waals surface area contributed by atoms with Gasteiger partial charge in [-0.1, -0.05) is 27.7 Å². The minimum Gasteiger partial charge on any atom is -0.303 e. The van der Waals surface area contributed by atoms with Gasteiger partial charge in [-0.15, -0.1) is 0 Å². The average Bonchev–Trinajstić information content (AvgIpc) is 2.65. The Hall–Kier alpha value is -0.330. The molecule has 0 N–H and O–H groups in total. The molecule has 2 atom stereocenters. The fourth-order valence-corrected chi connectivity index (χ4v) is 2.59. The first-order chi connectivity index (χ1) is 5.57. The molecule has 1 nitrogen and oxygen atoms in total. The number of aldehydes is 1. The van der Waals surface area contributed by atoms with E-state index in [0.29, 0.717) is 11.8 Å². The highest BCUT2D eigenvalue weighted by Gasteiger charge is 2.44. The standard InChI is InChI=1S/C11H20O/c1-7(2)11(8(3)4)10-5-9(10)6-12/h6-11H,5H2,1-4H3/t9-,10-/m1/s1. The third kappa shape index (κ3) is 1.88. The van der Waals surface area contributed by atoms with Gasteiger partial charge in [0.2, 0.25) is 0 Å². The van der Waals surface area contributed by atoms with Crippen LogP contribution < -0.4 is 0 Å². The van der Waals surface area contributed by atoms with Crippen LogP contribution in [0.4, 0.5) is 0 Å². The maximum absolute atomic E-state index is 10.5. The quantitative estimate of drug-likeness (QED) is 0.590. The van der Waals surface area contributed by atoms with Crippen LogP contribution in [0.25, 0.3) is 0 Å². The van der Waals surface area contributed by atoms with Crippen LogP contribution in [0.3, 0.4) is 0 Å². The van der Waals surface area contributed by atoms with Gasteiger partial charge in [-0.25, -0.2) is 0 Å². The summed E-state index contributed by atoms with van der Waals surface area (Å²) in [5.41, 5.74) is 0. The monoisotopic (exact) mass is 168 g/mol. The lowest BCUT2D eigenvalue weighted by molar-refractivity contribution is -0.109. The predicted molar refractivity (Wildman–Crippen MR) is 50.8 cm³/mol. The van der Waals surface area contributed by atoms with E-state index in [-0.39, 0.29) is 0 Å². The summed E-state index contributed by atoms with van der Waals surface area (Å²) in [6, 6.07) is 0. The summed E-state index contributed by atoms with van der Waals surface area (Å²) < 4.78 is 0. The van der Waals surface area contributed by atoms with Gasteiger partial charge in [0, 0.05) is 5.92 Å². The number of carbonyl (C=O) groups excluding carboxylic acids is 1. The minimum atomic E-state index is 0.389. The third-order valence-electron chi connectivity index (χ3n) is 3.10. The van der Waals surface area contributed by atoms with Crippen LogP contribution in [-0.4, -0.2) is 6.29 Å². The zero-order valence-corrected chi connectivity index (χ0v) is 8.58. The van der Waals surface area contributed by atoms with Gasteiger partial charge < -0.3 is 4.79 Å². The van der Waals surface area contributed by atoms with Crippen LogP contribution in [0.1, 0.15) is 34.1 Å². The van der Waals surface area contributed by atoms with E-state index in [4.69, 9.17) is 0 Å². The summed E-state index contributed by atoms with van der Waals surface area (Å²) in [5, 5.41) is 0.